The third kappa shape index (κ3) is 4.21. The number of nitrogens with zero attached hydrogens (tertiary/aromatic N) is 1. The molecule has 1 aliphatic carbocycles. The highest BCUT2D eigenvalue weighted by Gasteiger charge is 2.29. The van der Waals surface area contributed by atoms with E-state index in [0.29, 0.717) is 5.56 Å². The first-order chi connectivity index (χ1) is 14.9. The molecular weight excluding hydrogens is 396 g/mol. The zero-order valence-corrected chi connectivity index (χ0v) is 16.9. The van der Waals surface area contributed by atoms with Crippen LogP contribution in [0.1, 0.15) is 22.6 Å². The van der Waals surface area contributed by atoms with Crippen LogP contribution in [0.4, 0.5) is 4.79 Å². The van der Waals surface area contributed by atoms with Crippen molar-refractivity contribution in [3.05, 3.63) is 93.9 Å². The van der Waals surface area contributed by atoms with E-state index in [1.54, 1.807) is 19.3 Å². The number of carboxylic acid groups (broad SMARTS) is 1. The van der Waals surface area contributed by atoms with Gasteiger partial charge in [-0.05, 0) is 27.8 Å². The largest absolute Gasteiger partial charge is 0.480 e. The smallest absolute Gasteiger partial charge is 0.407 e. The lowest BCUT2D eigenvalue weighted by Crippen LogP contribution is -2.43. The fraction of sp³-hybridized carbons (Fsp3) is 0.208. The molecule has 1 amide bonds. The van der Waals surface area contributed by atoms with Crippen LogP contribution in [0.3, 0.4) is 0 Å². The summed E-state index contributed by atoms with van der Waals surface area (Å²) < 4.78 is 6.79. The average Bonchev–Trinajstić information content (AvgIpc) is 3.08. The summed E-state index contributed by atoms with van der Waals surface area (Å²) >= 11 is 0. The van der Waals surface area contributed by atoms with E-state index in [2.05, 4.69) is 5.32 Å². The molecule has 0 aliphatic heterocycles. The second kappa shape index (κ2) is 8.47. The molecule has 0 saturated carbocycles. The van der Waals surface area contributed by atoms with Crippen molar-refractivity contribution < 1.29 is 19.4 Å². The van der Waals surface area contributed by atoms with Crippen molar-refractivity contribution in [2.24, 2.45) is 7.05 Å². The quantitative estimate of drug-likeness (QED) is 0.642. The van der Waals surface area contributed by atoms with Crippen LogP contribution in [0.2, 0.25) is 0 Å². The molecule has 0 unspecified atom stereocenters. The Morgan fingerprint density at radius 2 is 1.65 bits per heavy atom. The van der Waals surface area contributed by atoms with Crippen molar-refractivity contribution in [3.8, 4) is 11.1 Å². The number of fused-ring (bicyclic) bond motifs is 3. The highest BCUT2D eigenvalue weighted by atomic mass is 16.5. The standard InChI is InChI=1S/C24H22N2O5/c1-26-13-15(10-11-22(26)27)12-21(23(28)29)25-24(30)31-14-20-18-8-4-2-6-16(18)17-7-3-5-9-19(17)20/h2-11,13,20-21H,12,14H2,1H3,(H,25,30)(H,28,29)/t21-/m1/s1. The number of rotatable bonds is 6. The highest BCUT2D eigenvalue weighted by Crippen LogP contribution is 2.44. The van der Waals surface area contributed by atoms with Gasteiger partial charge in [0.05, 0.1) is 0 Å². The molecule has 0 radical (unpaired) electrons. The van der Waals surface area contributed by atoms with Crippen LogP contribution in [0.25, 0.3) is 11.1 Å². The SMILES string of the molecule is Cn1cc(C[C@@H](NC(=O)OCC2c3ccccc3-c3ccccc32)C(=O)O)ccc1=O. The molecule has 7 heteroatoms. The molecule has 3 aromatic rings. The number of benzene rings is 2. The Balaban J connectivity index is 1.44. The summed E-state index contributed by atoms with van der Waals surface area (Å²) in [5.41, 5.74) is 4.82. The summed E-state index contributed by atoms with van der Waals surface area (Å²) in [6.07, 6.45) is 0.796. The lowest BCUT2D eigenvalue weighted by atomic mass is 9.98. The van der Waals surface area contributed by atoms with Crippen LogP contribution >= 0.6 is 0 Å². The predicted molar refractivity (Wildman–Crippen MR) is 115 cm³/mol. The van der Waals surface area contributed by atoms with Gasteiger partial charge in [-0.25, -0.2) is 9.59 Å². The first-order valence-corrected chi connectivity index (χ1v) is 9.94. The molecule has 0 saturated heterocycles. The molecule has 1 aromatic heterocycles. The summed E-state index contributed by atoms with van der Waals surface area (Å²) in [6, 6.07) is 17.7. The van der Waals surface area contributed by atoms with Gasteiger partial charge in [0, 0.05) is 31.6 Å². The molecule has 4 rings (SSSR count). The molecular formula is C24H22N2O5. The summed E-state index contributed by atoms with van der Waals surface area (Å²) in [6.45, 7) is 0.103. The maximum absolute atomic E-state index is 12.4. The van der Waals surface area contributed by atoms with Gasteiger partial charge in [0.15, 0.2) is 0 Å². The Bertz CT molecular complexity index is 1150. The van der Waals surface area contributed by atoms with Crippen LogP contribution in [0.5, 0.6) is 0 Å². The number of alkyl carbamates (subject to hydrolysis) is 1. The Morgan fingerprint density at radius 1 is 1.03 bits per heavy atom. The Kier molecular flexibility index (Phi) is 5.58. The number of hydrogen-bond donors (Lipinski definition) is 2. The van der Waals surface area contributed by atoms with Gasteiger partial charge in [0.2, 0.25) is 5.56 Å². The molecule has 0 bridgehead atoms. The number of aromatic nitrogens is 1. The van der Waals surface area contributed by atoms with Crippen molar-refractivity contribution in [1.82, 2.24) is 9.88 Å². The van der Waals surface area contributed by atoms with E-state index >= 15 is 0 Å². The summed E-state index contributed by atoms with van der Waals surface area (Å²) in [5, 5.41) is 11.9. The molecule has 7 nitrogen and oxygen atoms in total. The number of hydrogen-bond acceptors (Lipinski definition) is 4. The van der Waals surface area contributed by atoms with Crippen molar-refractivity contribution >= 4 is 12.1 Å². The zero-order valence-electron chi connectivity index (χ0n) is 16.9. The minimum absolute atomic E-state index is 0.0354. The third-order valence-corrected chi connectivity index (χ3v) is 5.52. The number of ether oxygens (including phenoxy) is 1. The first kappa shape index (κ1) is 20.4. The number of amides is 1. The number of pyridine rings is 1. The molecule has 158 valence electrons. The van der Waals surface area contributed by atoms with Crippen LogP contribution in [-0.2, 0) is 23.0 Å². The second-order valence-electron chi connectivity index (χ2n) is 7.55. The number of carbonyl (C=O) groups excluding carboxylic acids is 1. The van der Waals surface area contributed by atoms with E-state index in [9.17, 15) is 19.5 Å². The van der Waals surface area contributed by atoms with E-state index in [1.807, 2.05) is 48.5 Å². The third-order valence-electron chi connectivity index (χ3n) is 5.52. The number of nitrogens with one attached hydrogen (secondary N) is 1. The van der Waals surface area contributed by atoms with E-state index in [1.165, 1.54) is 10.6 Å². The molecule has 31 heavy (non-hydrogen) atoms. The number of aliphatic carboxylic acids is 1. The maximum Gasteiger partial charge on any atom is 0.407 e. The molecule has 2 aromatic carbocycles. The van der Waals surface area contributed by atoms with E-state index in [4.69, 9.17) is 4.74 Å². The lowest BCUT2D eigenvalue weighted by molar-refractivity contribution is -0.139. The first-order valence-electron chi connectivity index (χ1n) is 9.94. The van der Waals surface area contributed by atoms with Crippen LogP contribution in [0.15, 0.2) is 71.7 Å². The molecule has 0 fully saturated rings. The van der Waals surface area contributed by atoms with Gasteiger partial charge in [-0.3, -0.25) is 4.79 Å². The van der Waals surface area contributed by atoms with Gasteiger partial charge in [-0.2, -0.15) is 0 Å². The van der Waals surface area contributed by atoms with Gasteiger partial charge in [-0.15, -0.1) is 0 Å². The monoisotopic (exact) mass is 418 g/mol. The van der Waals surface area contributed by atoms with Crippen LogP contribution in [0, 0.1) is 0 Å². The van der Waals surface area contributed by atoms with E-state index in [-0.39, 0.29) is 24.5 Å². The van der Waals surface area contributed by atoms with E-state index < -0.39 is 18.1 Å². The molecule has 2 N–H and O–H groups in total. The van der Waals surface area contributed by atoms with Crippen molar-refractivity contribution in [3.63, 3.8) is 0 Å². The van der Waals surface area contributed by atoms with Crippen LogP contribution < -0.4 is 10.9 Å². The molecule has 1 aliphatic rings. The summed E-state index contributed by atoms with van der Waals surface area (Å²) in [5.74, 6) is -1.28. The summed E-state index contributed by atoms with van der Waals surface area (Å²) in [4.78, 5) is 35.5. The minimum atomic E-state index is -1.18. The molecule has 1 heterocycles. The van der Waals surface area contributed by atoms with E-state index in [0.717, 1.165) is 22.3 Å². The Morgan fingerprint density at radius 3 is 2.23 bits per heavy atom. The van der Waals surface area contributed by atoms with Gasteiger partial charge in [0.1, 0.15) is 12.6 Å². The van der Waals surface area contributed by atoms with Gasteiger partial charge < -0.3 is 19.7 Å². The zero-order chi connectivity index (χ0) is 22.0. The van der Waals surface area contributed by atoms with Gasteiger partial charge >= 0.3 is 12.1 Å². The lowest BCUT2D eigenvalue weighted by Gasteiger charge is -2.17. The summed E-state index contributed by atoms with van der Waals surface area (Å²) in [7, 11) is 1.58. The Labute approximate surface area is 178 Å². The second-order valence-corrected chi connectivity index (χ2v) is 7.55. The highest BCUT2D eigenvalue weighted by molar-refractivity contribution is 5.81. The van der Waals surface area contributed by atoms with Crippen molar-refractivity contribution in [2.75, 3.05) is 6.61 Å². The number of carbonyl (C=O) groups is 2. The predicted octanol–water partition coefficient (Wildman–Crippen LogP) is 2.92. The average molecular weight is 418 g/mol. The topological polar surface area (TPSA) is 97.6 Å². The Hall–Kier alpha value is -3.87. The maximum atomic E-state index is 12.4. The van der Waals surface area contributed by atoms with Gasteiger partial charge in [0.25, 0.3) is 0 Å². The fourth-order valence-corrected chi connectivity index (χ4v) is 3.99. The minimum Gasteiger partial charge on any atom is -0.480 e. The number of aryl methyl sites for hydroxylation is 1. The van der Waals surface area contributed by atoms with Crippen molar-refractivity contribution in [2.45, 2.75) is 18.4 Å². The van der Waals surface area contributed by atoms with Gasteiger partial charge in [-0.1, -0.05) is 54.6 Å². The normalized spacial score (nSPS) is 13.2. The fourth-order valence-electron chi connectivity index (χ4n) is 3.99. The van der Waals surface area contributed by atoms with Crippen molar-refractivity contribution in [1.29, 1.82) is 0 Å². The van der Waals surface area contributed by atoms with Crippen LogP contribution in [-0.4, -0.2) is 34.4 Å². The molecule has 0 spiro atoms. The molecule has 1 atom stereocenters. The number of carboxylic acids is 1.